The molecule has 2 aromatic rings. The van der Waals surface area contributed by atoms with E-state index in [1.807, 2.05) is 23.8 Å². The average Bonchev–Trinajstić information content (AvgIpc) is 3.18. The minimum Gasteiger partial charge on any atom is -0.441 e. The number of aryl methyl sites for hydroxylation is 1. The van der Waals surface area contributed by atoms with Crippen molar-refractivity contribution in [2.75, 3.05) is 13.1 Å². The summed E-state index contributed by atoms with van der Waals surface area (Å²) in [6.45, 7) is 2.96. The minimum absolute atomic E-state index is 0.0150. The summed E-state index contributed by atoms with van der Waals surface area (Å²) in [5, 5.41) is 3.92. The Bertz CT molecular complexity index is 700. The highest BCUT2D eigenvalue weighted by Crippen LogP contribution is 2.24. The van der Waals surface area contributed by atoms with Gasteiger partial charge >= 0.3 is 0 Å². The molecule has 0 bridgehead atoms. The number of hydrogen-bond donors (Lipinski definition) is 1. The number of oxazole rings is 1. The van der Waals surface area contributed by atoms with Crippen molar-refractivity contribution >= 4 is 23.2 Å². The van der Waals surface area contributed by atoms with Crippen molar-refractivity contribution in [3.05, 3.63) is 28.3 Å². The Balaban J connectivity index is 1.64. The average molecular weight is 333 g/mol. The van der Waals surface area contributed by atoms with Crippen LogP contribution >= 0.6 is 11.3 Å². The lowest BCUT2D eigenvalue weighted by atomic mass is 9.96. The highest BCUT2D eigenvalue weighted by molar-refractivity contribution is 7.08. The molecule has 7 heteroatoms. The van der Waals surface area contributed by atoms with Gasteiger partial charge in [0.2, 0.25) is 17.7 Å². The van der Waals surface area contributed by atoms with Crippen LogP contribution in [-0.4, -0.2) is 34.8 Å². The van der Waals surface area contributed by atoms with Crippen molar-refractivity contribution in [3.8, 4) is 11.5 Å². The number of thiophene rings is 1. The molecule has 0 saturated carbocycles. The molecular formula is C16H19N3O3S. The fourth-order valence-electron chi connectivity index (χ4n) is 2.77. The summed E-state index contributed by atoms with van der Waals surface area (Å²) >= 11 is 1.58. The van der Waals surface area contributed by atoms with Crippen LogP contribution in [0.1, 0.15) is 24.3 Å². The van der Waals surface area contributed by atoms with Crippen LogP contribution in [0.2, 0.25) is 0 Å². The van der Waals surface area contributed by atoms with Gasteiger partial charge in [0.1, 0.15) is 5.76 Å². The first-order chi connectivity index (χ1) is 11.0. The highest BCUT2D eigenvalue weighted by atomic mass is 32.1. The summed E-state index contributed by atoms with van der Waals surface area (Å²) in [4.78, 5) is 29.8. The second-order valence-electron chi connectivity index (χ2n) is 5.77. The molecule has 0 aromatic carbocycles. The highest BCUT2D eigenvalue weighted by Gasteiger charge is 2.26. The second-order valence-corrected chi connectivity index (χ2v) is 6.55. The van der Waals surface area contributed by atoms with Crippen LogP contribution in [0.25, 0.3) is 11.5 Å². The van der Waals surface area contributed by atoms with Gasteiger partial charge in [-0.05, 0) is 31.2 Å². The smallest absolute Gasteiger partial charge is 0.228 e. The first kappa shape index (κ1) is 15.7. The Morgan fingerprint density at radius 3 is 2.78 bits per heavy atom. The summed E-state index contributed by atoms with van der Waals surface area (Å²) in [7, 11) is 0. The van der Waals surface area contributed by atoms with Crippen LogP contribution in [0, 0.1) is 12.8 Å². The van der Waals surface area contributed by atoms with E-state index in [-0.39, 0.29) is 24.2 Å². The van der Waals surface area contributed by atoms with Crippen LogP contribution in [-0.2, 0) is 16.0 Å². The van der Waals surface area contributed by atoms with E-state index in [9.17, 15) is 9.59 Å². The standard InChI is InChI=1S/C16H19N3O3S/c1-10-13(18-16(22-10)12-4-7-23-9-12)8-14(20)19-5-2-11(3-6-19)15(17)21/h4,7,9,11H,2-3,5-6,8H2,1H3,(H2,17,21). The molecule has 0 spiro atoms. The molecule has 0 aliphatic carbocycles. The lowest BCUT2D eigenvalue weighted by Gasteiger charge is -2.30. The Morgan fingerprint density at radius 1 is 1.43 bits per heavy atom. The zero-order valence-electron chi connectivity index (χ0n) is 12.9. The molecule has 0 radical (unpaired) electrons. The van der Waals surface area contributed by atoms with E-state index < -0.39 is 0 Å². The van der Waals surface area contributed by atoms with Gasteiger partial charge in [-0.2, -0.15) is 11.3 Å². The summed E-state index contributed by atoms with van der Waals surface area (Å²) in [5.74, 6) is 0.856. The maximum atomic E-state index is 12.4. The molecule has 1 fully saturated rings. The van der Waals surface area contributed by atoms with Gasteiger partial charge in [-0.25, -0.2) is 4.98 Å². The van der Waals surface area contributed by atoms with Crippen LogP contribution in [0.5, 0.6) is 0 Å². The van der Waals surface area contributed by atoms with Gasteiger partial charge in [0.25, 0.3) is 0 Å². The number of likely N-dealkylation sites (tertiary alicyclic amines) is 1. The third kappa shape index (κ3) is 3.44. The van der Waals surface area contributed by atoms with E-state index in [1.165, 1.54) is 0 Å². The number of primary amides is 1. The maximum Gasteiger partial charge on any atom is 0.228 e. The predicted octanol–water partition coefficient (Wildman–Crippen LogP) is 1.98. The van der Waals surface area contributed by atoms with Crippen LogP contribution in [0.4, 0.5) is 0 Å². The summed E-state index contributed by atoms with van der Waals surface area (Å²) in [5.41, 5.74) is 6.92. The molecule has 23 heavy (non-hydrogen) atoms. The van der Waals surface area contributed by atoms with E-state index in [0.717, 1.165) is 5.56 Å². The molecule has 122 valence electrons. The Hall–Kier alpha value is -2.15. The molecule has 0 atom stereocenters. The lowest BCUT2D eigenvalue weighted by Crippen LogP contribution is -2.42. The SMILES string of the molecule is Cc1oc(-c2ccsc2)nc1CC(=O)N1CCC(C(N)=O)CC1. The van der Waals surface area contributed by atoms with Gasteiger partial charge in [-0.15, -0.1) is 0 Å². The monoisotopic (exact) mass is 333 g/mol. The van der Waals surface area contributed by atoms with Crippen molar-refractivity contribution in [1.82, 2.24) is 9.88 Å². The van der Waals surface area contributed by atoms with Gasteiger partial charge in [-0.1, -0.05) is 0 Å². The normalized spacial score (nSPS) is 15.8. The van der Waals surface area contributed by atoms with Crippen molar-refractivity contribution in [1.29, 1.82) is 0 Å². The number of amides is 2. The number of piperidine rings is 1. The number of nitrogens with zero attached hydrogens (tertiary/aromatic N) is 2. The molecule has 2 aromatic heterocycles. The van der Waals surface area contributed by atoms with Crippen molar-refractivity contribution in [3.63, 3.8) is 0 Å². The molecule has 2 amide bonds. The summed E-state index contributed by atoms with van der Waals surface area (Å²) in [6, 6.07) is 1.94. The number of carbonyl (C=O) groups is 2. The first-order valence-electron chi connectivity index (χ1n) is 7.60. The number of aromatic nitrogens is 1. The Morgan fingerprint density at radius 2 is 2.17 bits per heavy atom. The van der Waals surface area contributed by atoms with Crippen LogP contribution in [0.3, 0.4) is 0 Å². The molecular weight excluding hydrogens is 314 g/mol. The van der Waals surface area contributed by atoms with Gasteiger partial charge in [0.15, 0.2) is 0 Å². The fourth-order valence-corrected chi connectivity index (χ4v) is 3.40. The second kappa shape index (κ2) is 6.54. The summed E-state index contributed by atoms with van der Waals surface area (Å²) < 4.78 is 5.66. The molecule has 6 nitrogen and oxygen atoms in total. The Labute approximate surface area is 138 Å². The van der Waals surface area contributed by atoms with Crippen LogP contribution < -0.4 is 5.73 Å². The maximum absolute atomic E-state index is 12.4. The van der Waals surface area contributed by atoms with Crippen molar-refractivity contribution in [2.24, 2.45) is 11.7 Å². The third-order valence-electron chi connectivity index (χ3n) is 4.23. The van der Waals surface area contributed by atoms with Gasteiger partial charge in [0.05, 0.1) is 12.1 Å². The minimum atomic E-state index is -0.273. The molecule has 0 unspecified atom stereocenters. The van der Waals surface area contributed by atoms with E-state index in [2.05, 4.69) is 4.98 Å². The van der Waals surface area contributed by atoms with E-state index in [0.29, 0.717) is 43.3 Å². The van der Waals surface area contributed by atoms with Crippen molar-refractivity contribution < 1.29 is 14.0 Å². The molecule has 1 saturated heterocycles. The van der Waals surface area contributed by atoms with E-state index >= 15 is 0 Å². The molecule has 2 N–H and O–H groups in total. The number of hydrogen-bond acceptors (Lipinski definition) is 5. The lowest BCUT2D eigenvalue weighted by molar-refractivity contribution is -0.134. The topological polar surface area (TPSA) is 89.4 Å². The number of carbonyl (C=O) groups excluding carboxylic acids is 2. The third-order valence-corrected chi connectivity index (χ3v) is 4.91. The summed E-state index contributed by atoms with van der Waals surface area (Å²) in [6.07, 6.45) is 1.50. The molecule has 3 rings (SSSR count). The zero-order valence-corrected chi connectivity index (χ0v) is 13.8. The molecule has 3 heterocycles. The first-order valence-corrected chi connectivity index (χ1v) is 8.55. The van der Waals surface area contributed by atoms with Crippen molar-refractivity contribution in [2.45, 2.75) is 26.2 Å². The number of nitrogens with two attached hydrogens (primary N) is 1. The van der Waals surface area contributed by atoms with Gasteiger partial charge in [-0.3, -0.25) is 9.59 Å². The number of rotatable bonds is 4. The predicted molar refractivity (Wildman–Crippen MR) is 86.8 cm³/mol. The van der Waals surface area contributed by atoms with Gasteiger partial charge < -0.3 is 15.1 Å². The zero-order chi connectivity index (χ0) is 16.4. The molecule has 1 aliphatic rings. The van der Waals surface area contributed by atoms with E-state index in [4.69, 9.17) is 10.2 Å². The van der Waals surface area contributed by atoms with E-state index in [1.54, 1.807) is 16.2 Å². The molecule has 1 aliphatic heterocycles. The largest absolute Gasteiger partial charge is 0.441 e. The fraction of sp³-hybridized carbons (Fsp3) is 0.438. The van der Waals surface area contributed by atoms with Crippen LogP contribution in [0.15, 0.2) is 21.2 Å². The van der Waals surface area contributed by atoms with Gasteiger partial charge in [0, 0.05) is 30.0 Å². The quantitative estimate of drug-likeness (QED) is 0.926. The Kier molecular flexibility index (Phi) is 4.47.